The molecular weight excluding hydrogens is 131 g/mol. The lowest BCUT2D eigenvalue weighted by Gasteiger charge is -2.08. The maximum absolute atomic E-state index is 5.68. The van der Waals surface area contributed by atoms with Crippen molar-refractivity contribution in [3.05, 3.63) is 29.8 Å². The monoisotopic (exact) mass is 142 g/mol. The van der Waals surface area contributed by atoms with Crippen LogP contribution in [0.1, 0.15) is 25.3 Å². The van der Waals surface area contributed by atoms with Gasteiger partial charge >= 0.3 is 0 Å². The zero-order chi connectivity index (χ0) is 7.90. The highest BCUT2D eigenvalue weighted by molar-refractivity contribution is 6.32. The van der Waals surface area contributed by atoms with Gasteiger partial charge < -0.3 is 0 Å². The summed E-state index contributed by atoms with van der Waals surface area (Å²) in [4.78, 5) is 0. The van der Waals surface area contributed by atoms with Crippen LogP contribution in [-0.4, -0.2) is 7.85 Å². The van der Waals surface area contributed by atoms with Gasteiger partial charge in [-0.2, -0.15) is 0 Å². The minimum Gasteiger partial charge on any atom is -0.0964 e. The van der Waals surface area contributed by atoms with Gasteiger partial charge in [-0.15, -0.1) is 0 Å². The van der Waals surface area contributed by atoms with Gasteiger partial charge in [-0.3, -0.25) is 0 Å². The van der Waals surface area contributed by atoms with Crippen molar-refractivity contribution in [3.8, 4) is 0 Å². The lowest BCUT2D eigenvalue weighted by atomic mass is 9.89. The van der Waals surface area contributed by atoms with E-state index in [9.17, 15) is 0 Å². The van der Waals surface area contributed by atoms with E-state index in [4.69, 9.17) is 7.85 Å². The minimum atomic E-state index is 0.454. The SMILES string of the molecule is [B]c1cccc(C2(C)CC2)c1. The van der Waals surface area contributed by atoms with Crippen LogP contribution < -0.4 is 5.46 Å². The second-order valence-corrected chi connectivity index (χ2v) is 3.69. The van der Waals surface area contributed by atoms with Crippen LogP contribution in [0.5, 0.6) is 0 Å². The molecule has 1 aromatic rings. The molecule has 1 aromatic carbocycles. The van der Waals surface area contributed by atoms with E-state index >= 15 is 0 Å². The molecule has 0 atom stereocenters. The molecule has 0 N–H and O–H groups in total. The zero-order valence-electron chi connectivity index (χ0n) is 6.80. The Morgan fingerprint density at radius 2 is 2.09 bits per heavy atom. The van der Waals surface area contributed by atoms with E-state index < -0.39 is 0 Å². The van der Waals surface area contributed by atoms with Gasteiger partial charge in [0.1, 0.15) is 7.85 Å². The summed E-state index contributed by atoms with van der Waals surface area (Å²) in [5, 5.41) is 0. The molecule has 2 radical (unpaired) electrons. The fraction of sp³-hybridized carbons (Fsp3) is 0.400. The van der Waals surface area contributed by atoms with Gasteiger partial charge in [0.25, 0.3) is 0 Å². The highest BCUT2D eigenvalue weighted by Crippen LogP contribution is 2.47. The maximum atomic E-state index is 5.68. The Bertz CT molecular complexity index is 274. The highest BCUT2D eigenvalue weighted by atomic mass is 14.4. The first-order chi connectivity index (χ1) is 5.21. The third kappa shape index (κ3) is 1.20. The van der Waals surface area contributed by atoms with Gasteiger partial charge in [-0.05, 0) is 23.8 Å². The topological polar surface area (TPSA) is 0 Å². The van der Waals surface area contributed by atoms with Crippen molar-refractivity contribution >= 4 is 13.3 Å². The summed E-state index contributed by atoms with van der Waals surface area (Å²) in [5.41, 5.74) is 2.74. The molecule has 0 aliphatic heterocycles. The normalized spacial score (nSPS) is 19.7. The third-order valence-corrected chi connectivity index (χ3v) is 2.58. The fourth-order valence-electron chi connectivity index (χ4n) is 1.39. The predicted molar refractivity (Wildman–Crippen MR) is 48.4 cm³/mol. The molecule has 0 aromatic heterocycles. The largest absolute Gasteiger partial charge is 0.113 e. The summed E-state index contributed by atoms with van der Waals surface area (Å²) in [6.45, 7) is 2.29. The predicted octanol–water partition coefficient (Wildman–Crippen LogP) is 1.53. The van der Waals surface area contributed by atoms with E-state index in [0.29, 0.717) is 5.41 Å². The molecule has 1 heteroatoms. The Morgan fingerprint density at radius 1 is 1.36 bits per heavy atom. The Labute approximate surface area is 69.0 Å². The van der Waals surface area contributed by atoms with Gasteiger partial charge in [-0.1, -0.05) is 36.7 Å². The standard InChI is InChI=1S/C10H11B/c1-10(5-6-10)8-3-2-4-9(11)7-8/h2-4,7H,5-6H2,1H3. The molecule has 54 valence electrons. The Kier molecular flexibility index (Phi) is 1.35. The van der Waals surface area contributed by atoms with Crippen molar-refractivity contribution in [1.29, 1.82) is 0 Å². The van der Waals surface area contributed by atoms with Crippen molar-refractivity contribution in [3.63, 3.8) is 0 Å². The summed E-state index contributed by atoms with van der Waals surface area (Å²) in [6.07, 6.45) is 2.63. The van der Waals surface area contributed by atoms with Gasteiger partial charge in [0, 0.05) is 0 Å². The molecule has 0 nitrogen and oxygen atoms in total. The van der Waals surface area contributed by atoms with Crippen molar-refractivity contribution in [1.82, 2.24) is 0 Å². The second kappa shape index (κ2) is 2.13. The van der Waals surface area contributed by atoms with Crippen LogP contribution in [0, 0.1) is 0 Å². The number of hydrogen-bond acceptors (Lipinski definition) is 0. The smallest absolute Gasteiger partial charge is 0.0964 e. The molecule has 1 aliphatic carbocycles. The third-order valence-electron chi connectivity index (χ3n) is 2.58. The van der Waals surface area contributed by atoms with E-state index in [1.165, 1.54) is 18.4 Å². The molecule has 1 saturated carbocycles. The number of benzene rings is 1. The van der Waals surface area contributed by atoms with Gasteiger partial charge in [0.2, 0.25) is 0 Å². The maximum Gasteiger partial charge on any atom is 0.113 e. The van der Waals surface area contributed by atoms with E-state index in [0.717, 1.165) is 5.46 Å². The number of rotatable bonds is 1. The van der Waals surface area contributed by atoms with Crippen molar-refractivity contribution in [2.75, 3.05) is 0 Å². The quantitative estimate of drug-likeness (QED) is 0.521. The van der Waals surface area contributed by atoms with Gasteiger partial charge in [-0.25, -0.2) is 0 Å². The molecule has 0 amide bonds. The van der Waals surface area contributed by atoms with Gasteiger partial charge in [0.05, 0.1) is 0 Å². The summed E-state index contributed by atoms with van der Waals surface area (Å²) >= 11 is 0. The molecular formula is C10H11B. The average molecular weight is 142 g/mol. The Morgan fingerprint density at radius 3 is 2.64 bits per heavy atom. The summed E-state index contributed by atoms with van der Waals surface area (Å²) in [5.74, 6) is 0. The highest BCUT2D eigenvalue weighted by Gasteiger charge is 2.38. The van der Waals surface area contributed by atoms with Crippen LogP contribution in [0.3, 0.4) is 0 Å². The lowest BCUT2D eigenvalue weighted by molar-refractivity contribution is 0.789. The van der Waals surface area contributed by atoms with Crippen molar-refractivity contribution in [2.45, 2.75) is 25.2 Å². The molecule has 1 fully saturated rings. The minimum absolute atomic E-state index is 0.454. The van der Waals surface area contributed by atoms with Crippen molar-refractivity contribution in [2.24, 2.45) is 0 Å². The first kappa shape index (κ1) is 6.96. The van der Waals surface area contributed by atoms with Crippen LogP contribution in [0.4, 0.5) is 0 Å². The van der Waals surface area contributed by atoms with Crippen LogP contribution in [0.2, 0.25) is 0 Å². The van der Waals surface area contributed by atoms with E-state index in [1.807, 2.05) is 12.1 Å². The Balaban J connectivity index is 2.38. The van der Waals surface area contributed by atoms with E-state index in [2.05, 4.69) is 19.1 Å². The molecule has 0 bridgehead atoms. The van der Waals surface area contributed by atoms with Crippen molar-refractivity contribution < 1.29 is 0 Å². The zero-order valence-corrected chi connectivity index (χ0v) is 6.80. The van der Waals surface area contributed by atoms with Crippen LogP contribution in [0.15, 0.2) is 24.3 Å². The Hall–Kier alpha value is -0.715. The lowest BCUT2D eigenvalue weighted by Crippen LogP contribution is -2.07. The average Bonchev–Trinajstić information content (AvgIpc) is 2.70. The van der Waals surface area contributed by atoms with Gasteiger partial charge in [0.15, 0.2) is 0 Å². The summed E-state index contributed by atoms with van der Waals surface area (Å²) in [6, 6.07) is 8.24. The molecule has 2 rings (SSSR count). The molecule has 11 heavy (non-hydrogen) atoms. The molecule has 0 saturated heterocycles. The summed E-state index contributed by atoms with van der Waals surface area (Å²) in [7, 11) is 5.68. The molecule has 0 unspecified atom stereocenters. The first-order valence-electron chi connectivity index (χ1n) is 4.07. The number of hydrogen-bond donors (Lipinski definition) is 0. The molecule has 1 aliphatic rings. The molecule has 0 heterocycles. The van der Waals surface area contributed by atoms with Crippen LogP contribution in [-0.2, 0) is 5.41 Å². The van der Waals surface area contributed by atoms with Crippen LogP contribution in [0.25, 0.3) is 0 Å². The first-order valence-corrected chi connectivity index (χ1v) is 4.07. The molecule has 0 spiro atoms. The summed E-state index contributed by atoms with van der Waals surface area (Å²) < 4.78 is 0. The van der Waals surface area contributed by atoms with Crippen LogP contribution >= 0.6 is 0 Å². The second-order valence-electron chi connectivity index (χ2n) is 3.69. The fourth-order valence-corrected chi connectivity index (χ4v) is 1.39. The van der Waals surface area contributed by atoms with E-state index in [-0.39, 0.29) is 0 Å². The van der Waals surface area contributed by atoms with E-state index in [1.54, 1.807) is 0 Å².